The third-order valence-corrected chi connectivity index (χ3v) is 5.86. The number of nitrogens with zero attached hydrogens (tertiary/aromatic N) is 2. The number of carboxylic acid groups (broad SMARTS) is 1. The molecule has 0 bridgehead atoms. The molecule has 6 heteroatoms. The fourth-order valence-electron chi connectivity index (χ4n) is 3.95. The maximum absolute atomic E-state index is 12.9. The lowest BCUT2D eigenvalue weighted by Crippen LogP contribution is -2.51. The average molecular weight is 402 g/mol. The van der Waals surface area contributed by atoms with Crippen LogP contribution in [0.1, 0.15) is 29.7 Å². The maximum Gasteiger partial charge on any atom is 0.410 e. The molecule has 0 saturated heterocycles. The maximum atomic E-state index is 12.9. The van der Waals surface area contributed by atoms with Gasteiger partial charge in [-0.25, -0.2) is 9.59 Å². The molecule has 0 spiro atoms. The minimum absolute atomic E-state index is 0.0966. The summed E-state index contributed by atoms with van der Waals surface area (Å²) in [5.41, 5.74) is 3.06. The number of hydrogen-bond acceptors (Lipinski definition) is 4. The molecule has 1 amide bonds. The normalized spacial score (nSPS) is 14.3. The highest BCUT2D eigenvalue weighted by Crippen LogP contribution is 2.44. The molecule has 0 saturated carbocycles. The Bertz CT molecular complexity index is 1050. The van der Waals surface area contributed by atoms with Crippen molar-refractivity contribution in [1.82, 2.24) is 9.88 Å². The van der Waals surface area contributed by atoms with Crippen molar-refractivity contribution in [2.45, 2.75) is 18.4 Å². The number of fused-ring (bicyclic) bond motifs is 3. The lowest BCUT2D eigenvalue weighted by Gasteiger charge is -2.34. The highest BCUT2D eigenvalue weighted by molar-refractivity contribution is 5.85. The number of amides is 1. The van der Waals surface area contributed by atoms with E-state index in [-0.39, 0.29) is 18.2 Å². The van der Waals surface area contributed by atoms with Gasteiger partial charge >= 0.3 is 12.1 Å². The zero-order valence-corrected chi connectivity index (χ0v) is 16.8. The Hall–Kier alpha value is -3.67. The second-order valence-corrected chi connectivity index (χ2v) is 7.46. The first-order valence-electron chi connectivity index (χ1n) is 9.68. The molecule has 152 valence electrons. The highest BCUT2D eigenvalue weighted by Gasteiger charge is 2.44. The van der Waals surface area contributed by atoms with E-state index in [4.69, 9.17) is 4.74 Å². The van der Waals surface area contributed by atoms with E-state index in [0.29, 0.717) is 0 Å². The second-order valence-electron chi connectivity index (χ2n) is 7.46. The topological polar surface area (TPSA) is 79.7 Å². The predicted molar refractivity (Wildman–Crippen MR) is 112 cm³/mol. The minimum Gasteiger partial charge on any atom is -0.479 e. The summed E-state index contributed by atoms with van der Waals surface area (Å²) in [5, 5.41) is 9.86. The van der Waals surface area contributed by atoms with Crippen molar-refractivity contribution in [3.05, 3.63) is 89.7 Å². The third kappa shape index (κ3) is 3.10. The number of carboxylic acids is 1. The van der Waals surface area contributed by atoms with Gasteiger partial charge in [-0.1, -0.05) is 54.6 Å². The van der Waals surface area contributed by atoms with E-state index in [1.807, 2.05) is 36.4 Å². The molecule has 2 aromatic carbocycles. The summed E-state index contributed by atoms with van der Waals surface area (Å²) in [6, 6.07) is 21.1. The summed E-state index contributed by atoms with van der Waals surface area (Å²) >= 11 is 0. The monoisotopic (exact) mass is 402 g/mol. The Morgan fingerprint density at radius 2 is 1.57 bits per heavy atom. The highest BCUT2D eigenvalue weighted by atomic mass is 16.6. The molecular weight excluding hydrogens is 380 g/mol. The zero-order valence-electron chi connectivity index (χ0n) is 16.8. The molecule has 1 aromatic heterocycles. The Kier molecular flexibility index (Phi) is 4.99. The summed E-state index contributed by atoms with van der Waals surface area (Å²) in [5.74, 6) is -1.28. The summed E-state index contributed by atoms with van der Waals surface area (Å²) in [6.45, 7) is 1.56. The molecule has 0 fully saturated rings. The number of aromatic nitrogens is 1. The fraction of sp³-hybridized carbons (Fsp3) is 0.208. The van der Waals surface area contributed by atoms with Crippen LogP contribution in [-0.2, 0) is 15.1 Å². The van der Waals surface area contributed by atoms with Crippen molar-refractivity contribution in [1.29, 1.82) is 0 Å². The summed E-state index contributed by atoms with van der Waals surface area (Å²) in [7, 11) is 1.42. The van der Waals surface area contributed by atoms with Crippen LogP contribution in [0.5, 0.6) is 0 Å². The molecular formula is C24H22N2O4. The van der Waals surface area contributed by atoms with Crippen LogP contribution in [0.25, 0.3) is 11.1 Å². The van der Waals surface area contributed by atoms with Crippen LogP contribution < -0.4 is 0 Å². The first kappa shape index (κ1) is 19.6. The average Bonchev–Trinajstić information content (AvgIpc) is 3.10. The number of ether oxygens (including phenoxy) is 1. The van der Waals surface area contributed by atoms with Crippen LogP contribution in [0.3, 0.4) is 0 Å². The second kappa shape index (κ2) is 7.63. The molecule has 0 radical (unpaired) electrons. The molecule has 6 nitrogen and oxygen atoms in total. The van der Waals surface area contributed by atoms with Crippen molar-refractivity contribution < 1.29 is 19.4 Å². The number of aliphatic carboxylic acids is 1. The van der Waals surface area contributed by atoms with Gasteiger partial charge in [0.15, 0.2) is 5.54 Å². The van der Waals surface area contributed by atoms with E-state index < -0.39 is 17.6 Å². The third-order valence-electron chi connectivity index (χ3n) is 5.86. The van der Waals surface area contributed by atoms with Gasteiger partial charge in [-0.3, -0.25) is 9.88 Å². The van der Waals surface area contributed by atoms with Crippen molar-refractivity contribution in [3.8, 4) is 11.1 Å². The summed E-state index contributed by atoms with van der Waals surface area (Å²) in [6.07, 6.45) is 0.787. The molecule has 1 atom stereocenters. The van der Waals surface area contributed by atoms with Gasteiger partial charge in [-0.05, 0) is 41.3 Å². The summed E-state index contributed by atoms with van der Waals surface area (Å²) in [4.78, 5) is 30.2. The number of carbonyl (C=O) groups is 2. The quantitative estimate of drug-likeness (QED) is 0.690. The molecule has 1 unspecified atom stereocenters. The van der Waals surface area contributed by atoms with Gasteiger partial charge < -0.3 is 9.84 Å². The number of benzene rings is 2. The van der Waals surface area contributed by atoms with Crippen molar-refractivity contribution in [2.75, 3.05) is 13.7 Å². The number of rotatable bonds is 5. The van der Waals surface area contributed by atoms with E-state index in [2.05, 4.69) is 17.1 Å². The van der Waals surface area contributed by atoms with E-state index in [9.17, 15) is 14.7 Å². The van der Waals surface area contributed by atoms with Gasteiger partial charge in [0.1, 0.15) is 6.61 Å². The van der Waals surface area contributed by atoms with Crippen LogP contribution >= 0.6 is 0 Å². The molecule has 0 aliphatic heterocycles. The van der Waals surface area contributed by atoms with Gasteiger partial charge in [-0.2, -0.15) is 0 Å². The van der Waals surface area contributed by atoms with Crippen LogP contribution in [0.4, 0.5) is 4.79 Å². The molecule has 1 heterocycles. The lowest BCUT2D eigenvalue weighted by atomic mass is 9.95. The molecule has 4 rings (SSSR count). The fourth-order valence-corrected chi connectivity index (χ4v) is 3.95. The van der Waals surface area contributed by atoms with Crippen LogP contribution in [0.15, 0.2) is 72.9 Å². The molecule has 1 aliphatic carbocycles. The van der Waals surface area contributed by atoms with Crippen LogP contribution in [0, 0.1) is 0 Å². The van der Waals surface area contributed by atoms with Crippen LogP contribution in [0.2, 0.25) is 0 Å². The Labute approximate surface area is 174 Å². The minimum atomic E-state index is -1.65. The van der Waals surface area contributed by atoms with E-state index in [1.54, 1.807) is 18.2 Å². The molecule has 1 aliphatic rings. The zero-order chi connectivity index (χ0) is 21.3. The number of pyridine rings is 1. The number of likely N-dealkylation sites (N-methyl/N-ethyl adjacent to an activating group) is 1. The standard InChI is InChI=1S/C24H22N2O4/c1-24(22(27)28,21-13-7-8-14-25-21)26(2)23(29)30-15-20-18-11-5-3-9-16(18)17-10-4-6-12-19(17)20/h3-14,20H,15H2,1-2H3,(H,27,28). The smallest absolute Gasteiger partial charge is 0.410 e. The Balaban J connectivity index is 1.57. The van der Waals surface area contributed by atoms with Gasteiger partial charge in [0.25, 0.3) is 0 Å². The number of hydrogen-bond donors (Lipinski definition) is 1. The van der Waals surface area contributed by atoms with Crippen molar-refractivity contribution >= 4 is 12.1 Å². The van der Waals surface area contributed by atoms with E-state index in [0.717, 1.165) is 27.2 Å². The van der Waals surface area contributed by atoms with E-state index >= 15 is 0 Å². The molecule has 1 N–H and O–H groups in total. The Morgan fingerprint density at radius 1 is 1.00 bits per heavy atom. The van der Waals surface area contributed by atoms with Gasteiger partial charge in [0, 0.05) is 19.2 Å². The first-order valence-corrected chi connectivity index (χ1v) is 9.68. The number of carbonyl (C=O) groups excluding carboxylic acids is 1. The van der Waals surface area contributed by atoms with Gasteiger partial charge in [-0.15, -0.1) is 0 Å². The van der Waals surface area contributed by atoms with Crippen molar-refractivity contribution in [3.63, 3.8) is 0 Å². The van der Waals surface area contributed by atoms with Crippen molar-refractivity contribution in [2.24, 2.45) is 0 Å². The van der Waals surface area contributed by atoms with Crippen LogP contribution in [-0.4, -0.2) is 40.7 Å². The van der Waals surface area contributed by atoms with Gasteiger partial charge in [0.05, 0.1) is 5.69 Å². The summed E-state index contributed by atoms with van der Waals surface area (Å²) < 4.78 is 5.62. The largest absolute Gasteiger partial charge is 0.479 e. The molecule has 30 heavy (non-hydrogen) atoms. The molecule has 3 aromatic rings. The SMILES string of the molecule is CN(C(=O)OCC1c2ccccc2-c2ccccc21)C(C)(C(=O)O)c1ccccn1. The first-order chi connectivity index (χ1) is 14.4. The van der Waals surface area contributed by atoms with Gasteiger partial charge in [0.2, 0.25) is 0 Å². The lowest BCUT2D eigenvalue weighted by molar-refractivity contribution is -0.149. The van der Waals surface area contributed by atoms with E-state index in [1.165, 1.54) is 20.2 Å². The predicted octanol–water partition coefficient (Wildman–Crippen LogP) is 4.26. The Morgan fingerprint density at radius 3 is 2.10 bits per heavy atom.